The van der Waals surface area contributed by atoms with Crippen LogP contribution in [0, 0.1) is 0 Å². The average Bonchev–Trinajstić information content (AvgIpc) is 2.60. The highest BCUT2D eigenvalue weighted by molar-refractivity contribution is 9.10. The lowest BCUT2D eigenvalue weighted by atomic mass is 10.3. The number of aliphatic hydroxyl groups is 1. The van der Waals surface area contributed by atoms with Gasteiger partial charge in [0.25, 0.3) is 0 Å². The number of pyridine rings is 1. The normalized spacial score (nSPS) is 25.9. The monoisotopic (exact) mass is 272 g/mol. The third kappa shape index (κ3) is 2.14. The van der Waals surface area contributed by atoms with Crippen LogP contribution in [-0.2, 0) is 4.74 Å². The van der Waals surface area contributed by atoms with Gasteiger partial charge in [0.1, 0.15) is 6.10 Å². The van der Waals surface area contributed by atoms with E-state index in [1.807, 2.05) is 6.07 Å². The number of β-amino-alcohol motifs (C(OH)–C–C–N with tert-alkyl or cyclic N) is 1. The number of nitrogens with zero attached hydrogens (tertiary/aromatic N) is 2. The number of rotatable bonds is 2. The van der Waals surface area contributed by atoms with Crippen molar-refractivity contribution in [3.05, 3.63) is 22.9 Å². The molecule has 5 heteroatoms. The van der Waals surface area contributed by atoms with Crippen LogP contribution in [0.15, 0.2) is 22.9 Å². The fourth-order valence-electron chi connectivity index (χ4n) is 1.81. The number of aromatic nitrogens is 1. The van der Waals surface area contributed by atoms with E-state index in [1.165, 1.54) is 0 Å². The smallest absolute Gasteiger partial charge is 0.102 e. The molecule has 4 nitrogen and oxygen atoms in total. The summed E-state index contributed by atoms with van der Waals surface area (Å²) in [5, 5.41) is 9.71. The molecule has 1 fully saturated rings. The summed E-state index contributed by atoms with van der Waals surface area (Å²) in [4.78, 5) is 6.10. The third-order valence-electron chi connectivity index (χ3n) is 2.63. The molecule has 2 heterocycles. The van der Waals surface area contributed by atoms with Gasteiger partial charge in [0.2, 0.25) is 0 Å². The fraction of sp³-hybridized carbons (Fsp3) is 0.500. The maximum atomic E-state index is 9.71. The van der Waals surface area contributed by atoms with Gasteiger partial charge in [0.15, 0.2) is 0 Å². The van der Waals surface area contributed by atoms with E-state index in [-0.39, 0.29) is 6.10 Å². The summed E-state index contributed by atoms with van der Waals surface area (Å²) in [6, 6.07) is 1.93. The lowest BCUT2D eigenvalue weighted by Gasteiger charge is -2.18. The molecule has 0 radical (unpaired) electrons. The summed E-state index contributed by atoms with van der Waals surface area (Å²) in [5.41, 5.74) is 1.05. The topological polar surface area (TPSA) is 45.6 Å². The molecule has 0 aromatic carbocycles. The Balaban J connectivity index is 2.17. The van der Waals surface area contributed by atoms with Gasteiger partial charge in [-0.25, -0.2) is 0 Å². The number of hydrogen-bond donors (Lipinski definition) is 1. The molecule has 1 N–H and O–H groups in total. The Morgan fingerprint density at radius 1 is 1.60 bits per heavy atom. The predicted octanol–water partition coefficient (Wildman–Crippen LogP) is 1.04. The van der Waals surface area contributed by atoms with Crippen LogP contribution in [0.5, 0.6) is 0 Å². The number of anilines is 1. The van der Waals surface area contributed by atoms with E-state index in [2.05, 4.69) is 25.8 Å². The highest BCUT2D eigenvalue weighted by atomic mass is 79.9. The van der Waals surface area contributed by atoms with Gasteiger partial charge < -0.3 is 14.7 Å². The van der Waals surface area contributed by atoms with Crippen LogP contribution in [0.25, 0.3) is 0 Å². The van der Waals surface area contributed by atoms with Crippen molar-refractivity contribution in [1.29, 1.82) is 0 Å². The number of aliphatic hydroxyl groups excluding tert-OH is 1. The molecule has 1 aliphatic heterocycles. The van der Waals surface area contributed by atoms with E-state index >= 15 is 0 Å². The van der Waals surface area contributed by atoms with Gasteiger partial charge in [-0.1, -0.05) is 0 Å². The molecule has 0 amide bonds. The van der Waals surface area contributed by atoms with Gasteiger partial charge in [-0.2, -0.15) is 0 Å². The van der Waals surface area contributed by atoms with Crippen molar-refractivity contribution in [1.82, 2.24) is 4.98 Å². The van der Waals surface area contributed by atoms with Crippen molar-refractivity contribution >= 4 is 21.6 Å². The Hall–Kier alpha value is -0.650. The van der Waals surface area contributed by atoms with Crippen molar-refractivity contribution in [2.24, 2.45) is 0 Å². The molecule has 0 unspecified atom stereocenters. The zero-order valence-electron chi connectivity index (χ0n) is 8.43. The number of halogens is 1. The van der Waals surface area contributed by atoms with Gasteiger partial charge in [-0.3, -0.25) is 4.98 Å². The van der Waals surface area contributed by atoms with Crippen molar-refractivity contribution < 1.29 is 9.84 Å². The Bertz CT molecular complexity index is 348. The van der Waals surface area contributed by atoms with Gasteiger partial charge >= 0.3 is 0 Å². The van der Waals surface area contributed by atoms with Gasteiger partial charge in [-0.05, 0) is 22.0 Å². The standard InChI is InChI=1S/C10H13BrN2O2/c1-15-10-6-13(5-9(10)14)8-2-3-12-4-7(8)11/h2-4,9-10,14H,5-6H2,1H3/t9-,10-/m1/s1. The van der Waals surface area contributed by atoms with Gasteiger partial charge in [0.05, 0.1) is 16.3 Å². The Kier molecular flexibility index (Phi) is 3.23. The zero-order chi connectivity index (χ0) is 10.8. The molecule has 1 saturated heterocycles. The van der Waals surface area contributed by atoms with Crippen LogP contribution in [-0.4, -0.2) is 42.5 Å². The lowest BCUT2D eigenvalue weighted by Crippen LogP contribution is -2.25. The number of hydrogen-bond acceptors (Lipinski definition) is 4. The highest BCUT2D eigenvalue weighted by Crippen LogP contribution is 2.28. The van der Waals surface area contributed by atoms with E-state index in [1.54, 1.807) is 19.5 Å². The number of ether oxygens (including phenoxy) is 1. The fourth-order valence-corrected chi connectivity index (χ4v) is 2.31. The minimum Gasteiger partial charge on any atom is -0.388 e. The molecule has 1 aromatic rings. The first kappa shape index (κ1) is 10.9. The summed E-state index contributed by atoms with van der Waals surface area (Å²) in [5.74, 6) is 0. The molecule has 0 aliphatic carbocycles. The second kappa shape index (κ2) is 4.47. The van der Waals surface area contributed by atoms with Crippen molar-refractivity contribution in [2.45, 2.75) is 12.2 Å². The summed E-state index contributed by atoms with van der Waals surface area (Å²) in [6.45, 7) is 1.31. The Morgan fingerprint density at radius 3 is 3.00 bits per heavy atom. The van der Waals surface area contributed by atoms with E-state index in [4.69, 9.17) is 4.74 Å². The van der Waals surface area contributed by atoms with Crippen LogP contribution in [0.4, 0.5) is 5.69 Å². The molecule has 15 heavy (non-hydrogen) atoms. The minimum absolute atomic E-state index is 0.106. The maximum absolute atomic E-state index is 9.71. The van der Waals surface area contributed by atoms with Crippen molar-refractivity contribution in [3.63, 3.8) is 0 Å². The first-order valence-electron chi connectivity index (χ1n) is 4.77. The van der Waals surface area contributed by atoms with Crippen LogP contribution < -0.4 is 4.90 Å². The Morgan fingerprint density at radius 2 is 2.40 bits per heavy atom. The van der Waals surface area contributed by atoms with E-state index in [0.717, 1.165) is 10.2 Å². The molecule has 0 spiro atoms. The van der Waals surface area contributed by atoms with Crippen LogP contribution in [0.3, 0.4) is 0 Å². The van der Waals surface area contributed by atoms with E-state index < -0.39 is 6.10 Å². The molecule has 0 bridgehead atoms. The van der Waals surface area contributed by atoms with Crippen LogP contribution in [0.2, 0.25) is 0 Å². The molecule has 2 atom stereocenters. The molecule has 0 saturated carbocycles. The third-order valence-corrected chi connectivity index (χ3v) is 3.24. The second-order valence-electron chi connectivity index (χ2n) is 3.57. The lowest BCUT2D eigenvalue weighted by molar-refractivity contribution is 0.0217. The molecule has 2 rings (SSSR count). The zero-order valence-corrected chi connectivity index (χ0v) is 10.0. The van der Waals surface area contributed by atoms with Gasteiger partial charge in [0, 0.05) is 32.6 Å². The first-order valence-corrected chi connectivity index (χ1v) is 5.57. The summed E-state index contributed by atoms with van der Waals surface area (Å²) >= 11 is 3.44. The Labute approximate surface area is 97.0 Å². The summed E-state index contributed by atoms with van der Waals surface area (Å²) < 4.78 is 6.13. The molecule has 82 valence electrons. The largest absolute Gasteiger partial charge is 0.388 e. The quantitative estimate of drug-likeness (QED) is 0.874. The van der Waals surface area contributed by atoms with Crippen LogP contribution >= 0.6 is 15.9 Å². The minimum atomic E-state index is -0.421. The predicted molar refractivity (Wildman–Crippen MR) is 61.0 cm³/mol. The average molecular weight is 273 g/mol. The first-order chi connectivity index (χ1) is 7.22. The van der Waals surface area contributed by atoms with Crippen molar-refractivity contribution in [3.8, 4) is 0 Å². The van der Waals surface area contributed by atoms with E-state index in [0.29, 0.717) is 13.1 Å². The maximum Gasteiger partial charge on any atom is 0.102 e. The van der Waals surface area contributed by atoms with Crippen LogP contribution in [0.1, 0.15) is 0 Å². The van der Waals surface area contributed by atoms with Gasteiger partial charge in [-0.15, -0.1) is 0 Å². The van der Waals surface area contributed by atoms with E-state index in [9.17, 15) is 5.11 Å². The molecular formula is C10H13BrN2O2. The molecular weight excluding hydrogens is 260 g/mol. The number of methoxy groups -OCH3 is 1. The highest BCUT2D eigenvalue weighted by Gasteiger charge is 2.31. The summed E-state index contributed by atoms with van der Waals surface area (Å²) in [7, 11) is 1.62. The SMILES string of the molecule is CO[C@@H]1CN(c2ccncc2Br)C[C@H]1O. The molecule has 1 aliphatic rings. The summed E-state index contributed by atoms with van der Waals surface area (Å²) in [6.07, 6.45) is 2.97. The second-order valence-corrected chi connectivity index (χ2v) is 4.43. The molecule has 1 aromatic heterocycles. The van der Waals surface area contributed by atoms with Crippen molar-refractivity contribution in [2.75, 3.05) is 25.1 Å².